The van der Waals surface area contributed by atoms with E-state index in [4.69, 9.17) is 0 Å². The lowest BCUT2D eigenvalue weighted by Crippen LogP contribution is -1.91. The van der Waals surface area contributed by atoms with Crippen LogP contribution >= 0.6 is 0 Å². The lowest BCUT2D eigenvalue weighted by atomic mass is 10.1. The van der Waals surface area contributed by atoms with E-state index in [0.717, 1.165) is 16.5 Å². The van der Waals surface area contributed by atoms with Crippen molar-refractivity contribution in [3.05, 3.63) is 42.1 Å². The van der Waals surface area contributed by atoms with Gasteiger partial charge in [-0.2, -0.15) is 0 Å². The van der Waals surface area contributed by atoms with Gasteiger partial charge in [0.05, 0.1) is 12.1 Å². The van der Waals surface area contributed by atoms with Crippen LogP contribution in [0.15, 0.2) is 36.5 Å². The monoisotopic (exact) mass is 172 g/mol. The molecule has 13 heavy (non-hydrogen) atoms. The van der Waals surface area contributed by atoms with E-state index in [2.05, 4.69) is 4.98 Å². The number of hydrogen-bond donors (Lipinski definition) is 0. The van der Waals surface area contributed by atoms with Gasteiger partial charge in [0.15, 0.2) is 0 Å². The van der Waals surface area contributed by atoms with E-state index in [0.29, 0.717) is 6.42 Å². The first-order valence-corrected chi connectivity index (χ1v) is 4.32. The molecule has 0 aliphatic rings. The van der Waals surface area contributed by atoms with Crippen LogP contribution in [0.3, 0.4) is 0 Å². The van der Waals surface area contributed by atoms with Gasteiger partial charge in [-0.05, 0) is 24.1 Å². The topological polar surface area (TPSA) is 32.8 Å². The summed E-state index contributed by atoms with van der Waals surface area (Å²) >= 11 is 0. The molecule has 2 heteroatoms. The van der Waals surface area contributed by atoms with E-state index in [9.17, 15) is 5.11 Å². The van der Waals surface area contributed by atoms with Crippen LogP contribution in [-0.2, 0) is 11.5 Å². The highest BCUT2D eigenvalue weighted by atomic mass is 16.2. The minimum atomic E-state index is -0.0615. The molecule has 0 aliphatic carbocycles. The second-order valence-electron chi connectivity index (χ2n) is 2.94. The minimum Gasteiger partial charge on any atom is -0.256 e. The van der Waals surface area contributed by atoms with Crippen molar-refractivity contribution in [3.63, 3.8) is 0 Å². The number of nitrogens with zero attached hydrogens (tertiary/aromatic N) is 1. The number of fused-ring (bicyclic) bond motifs is 1. The van der Waals surface area contributed by atoms with Gasteiger partial charge >= 0.3 is 0 Å². The zero-order valence-corrected chi connectivity index (χ0v) is 7.23. The smallest absolute Gasteiger partial charge is 0.0862 e. The highest BCUT2D eigenvalue weighted by molar-refractivity contribution is 5.81. The Morgan fingerprint density at radius 2 is 2.00 bits per heavy atom. The molecule has 0 saturated heterocycles. The maximum absolute atomic E-state index is 10.5. The van der Waals surface area contributed by atoms with E-state index in [-0.39, 0.29) is 6.61 Å². The number of pyridine rings is 1. The molecule has 0 atom stereocenters. The number of rotatable bonds is 2. The Bertz CT molecular complexity index is 406. The molecule has 0 fully saturated rings. The van der Waals surface area contributed by atoms with E-state index >= 15 is 0 Å². The van der Waals surface area contributed by atoms with Crippen LogP contribution in [0.5, 0.6) is 0 Å². The largest absolute Gasteiger partial charge is 0.256 e. The Kier molecular flexibility index (Phi) is 2.23. The summed E-state index contributed by atoms with van der Waals surface area (Å²) in [6.07, 6.45) is 2.34. The summed E-state index contributed by atoms with van der Waals surface area (Å²) in [4.78, 5) is 4.22. The van der Waals surface area contributed by atoms with Crippen LogP contribution in [0, 0.1) is 0 Å². The molecule has 0 spiro atoms. The van der Waals surface area contributed by atoms with Crippen LogP contribution in [-0.4, -0.2) is 11.6 Å². The molecule has 0 aliphatic heterocycles. The van der Waals surface area contributed by atoms with Gasteiger partial charge in [-0.1, -0.05) is 18.2 Å². The molecule has 0 saturated carbocycles. The Labute approximate surface area is 76.9 Å². The first kappa shape index (κ1) is 8.20. The van der Waals surface area contributed by atoms with Gasteiger partial charge in [0, 0.05) is 11.6 Å². The van der Waals surface area contributed by atoms with Crippen molar-refractivity contribution < 1.29 is 5.11 Å². The molecule has 2 rings (SSSR count). The number of aromatic nitrogens is 1. The quantitative estimate of drug-likeness (QED) is 0.683. The average molecular weight is 172 g/mol. The molecule has 2 nitrogen and oxygen atoms in total. The maximum atomic E-state index is 10.5. The molecule has 1 aromatic carbocycles. The molecular weight excluding hydrogens is 162 g/mol. The standard InChI is InChI=1S/C11H10NO/c13-8-6-9-5-7-12-11-4-2-1-3-10(9)11/h1-5,7H,6,8H2. The summed E-state index contributed by atoms with van der Waals surface area (Å²) in [5.41, 5.74) is 2.06. The predicted molar refractivity (Wildman–Crippen MR) is 51.0 cm³/mol. The van der Waals surface area contributed by atoms with Crippen molar-refractivity contribution >= 4 is 10.9 Å². The maximum Gasteiger partial charge on any atom is 0.0862 e. The van der Waals surface area contributed by atoms with E-state index in [1.54, 1.807) is 6.20 Å². The van der Waals surface area contributed by atoms with Crippen LogP contribution in [0.25, 0.3) is 10.9 Å². The average Bonchev–Trinajstić information content (AvgIpc) is 2.19. The Morgan fingerprint density at radius 1 is 1.15 bits per heavy atom. The lowest BCUT2D eigenvalue weighted by Gasteiger charge is -2.02. The summed E-state index contributed by atoms with van der Waals surface area (Å²) in [6.45, 7) is -0.0615. The summed E-state index contributed by atoms with van der Waals surface area (Å²) < 4.78 is 0. The fourth-order valence-corrected chi connectivity index (χ4v) is 1.48. The third-order valence-electron chi connectivity index (χ3n) is 2.11. The number of benzene rings is 1. The first-order valence-electron chi connectivity index (χ1n) is 4.32. The second-order valence-corrected chi connectivity index (χ2v) is 2.94. The minimum absolute atomic E-state index is 0.0615. The van der Waals surface area contributed by atoms with Crippen molar-refractivity contribution in [1.82, 2.24) is 4.98 Å². The van der Waals surface area contributed by atoms with Crippen molar-refractivity contribution in [3.8, 4) is 0 Å². The lowest BCUT2D eigenvalue weighted by molar-refractivity contribution is 0.197. The van der Waals surface area contributed by atoms with Crippen LogP contribution < -0.4 is 0 Å². The van der Waals surface area contributed by atoms with Crippen LogP contribution in [0.2, 0.25) is 0 Å². The summed E-state index contributed by atoms with van der Waals surface area (Å²) in [6, 6.07) is 9.81. The molecule has 65 valence electrons. The van der Waals surface area contributed by atoms with Crippen molar-refractivity contribution in [2.75, 3.05) is 6.61 Å². The van der Waals surface area contributed by atoms with Crippen molar-refractivity contribution in [1.29, 1.82) is 0 Å². The van der Waals surface area contributed by atoms with Gasteiger partial charge in [-0.3, -0.25) is 4.98 Å². The fraction of sp³-hybridized carbons (Fsp3) is 0.182. The molecule has 1 aromatic heterocycles. The molecule has 0 bridgehead atoms. The van der Waals surface area contributed by atoms with Crippen LogP contribution in [0.4, 0.5) is 0 Å². The van der Waals surface area contributed by atoms with Gasteiger partial charge in [0.1, 0.15) is 0 Å². The summed E-state index contributed by atoms with van der Waals surface area (Å²) in [7, 11) is 0. The summed E-state index contributed by atoms with van der Waals surface area (Å²) in [5.74, 6) is 0. The van der Waals surface area contributed by atoms with Gasteiger partial charge in [-0.25, -0.2) is 5.11 Å². The molecule has 0 unspecified atom stereocenters. The molecular formula is C11H10NO. The molecule has 0 N–H and O–H groups in total. The van der Waals surface area contributed by atoms with Crippen LogP contribution in [0.1, 0.15) is 5.56 Å². The van der Waals surface area contributed by atoms with Gasteiger partial charge < -0.3 is 0 Å². The highest BCUT2D eigenvalue weighted by Crippen LogP contribution is 2.15. The van der Waals surface area contributed by atoms with E-state index < -0.39 is 0 Å². The van der Waals surface area contributed by atoms with Gasteiger partial charge in [-0.15, -0.1) is 0 Å². The third kappa shape index (κ3) is 1.53. The van der Waals surface area contributed by atoms with E-state index in [1.807, 2.05) is 30.3 Å². The number of para-hydroxylation sites is 1. The fourth-order valence-electron chi connectivity index (χ4n) is 1.48. The van der Waals surface area contributed by atoms with E-state index in [1.165, 1.54) is 0 Å². The zero-order chi connectivity index (χ0) is 9.10. The predicted octanol–water partition coefficient (Wildman–Crippen LogP) is 2.21. The second kappa shape index (κ2) is 3.54. The normalized spacial score (nSPS) is 10.5. The van der Waals surface area contributed by atoms with Gasteiger partial charge in [0.2, 0.25) is 0 Å². The highest BCUT2D eigenvalue weighted by Gasteiger charge is 1.99. The first-order chi connectivity index (χ1) is 6.42. The molecule has 2 aromatic rings. The SMILES string of the molecule is [O]CCc1ccnc2ccccc12. The number of hydrogen-bond acceptors (Lipinski definition) is 1. The Morgan fingerprint density at radius 3 is 2.85 bits per heavy atom. The van der Waals surface area contributed by atoms with Crippen molar-refractivity contribution in [2.24, 2.45) is 0 Å². The Balaban J connectivity index is 2.61. The Hall–Kier alpha value is -1.41. The van der Waals surface area contributed by atoms with Gasteiger partial charge in [0.25, 0.3) is 0 Å². The van der Waals surface area contributed by atoms with Crippen molar-refractivity contribution in [2.45, 2.75) is 6.42 Å². The zero-order valence-electron chi connectivity index (χ0n) is 7.23. The third-order valence-corrected chi connectivity index (χ3v) is 2.11. The molecule has 0 amide bonds. The molecule has 1 heterocycles. The molecule has 1 radical (unpaired) electrons. The summed E-state index contributed by atoms with van der Waals surface area (Å²) in [5, 5.41) is 11.6.